The maximum absolute atomic E-state index is 12.6. The van der Waals surface area contributed by atoms with Crippen molar-refractivity contribution in [3.63, 3.8) is 0 Å². The van der Waals surface area contributed by atoms with Crippen molar-refractivity contribution in [2.24, 2.45) is 0 Å². The molecule has 102 valence electrons. The number of aliphatic hydroxyl groups is 1. The minimum Gasteiger partial charge on any atom is -0.384 e. The number of thiophene rings is 1. The predicted molar refractivity (Wildman–Crippen MR) is 74.2 cm³/mol. The number of rotatable bonds is 1. The van der Waals surface area contributed by atoms with Crippen molar-refractivity contribution in [3.05, 3.63) is 21.9 Å². The Bertz CT molecular complexity index is 514. The maximum Gasteiger partial charge on any atom is 0.265 e. The number of aliphatic hydroxyl groups excluding tert-OH is 1. The quantitative estimate of drug-likeness (QED) is 0.789. The molecule has 2 heterocycles. The number of amides is 1. The highest BCUT2D eigenvalue weighted by molar-refractivity contribution is 7.12. The molecule has 2 unspecified atom stereocenters. The second-order valence-electron chi connectivity index (χ2n) is 4.57. The summed E-state index contributed by atoms with van der Waals surface area (Å²) in [6.45, 7) is 4.92. The van der Waals surface area contributed by atoms with Gasteiger partial charge in [0.2, 0.25) is 0 Å². The van der Waals surface area contributed by atoms with Gasteiger partial charge in [0, 0.05) is 12.1 Å². The van der Waals surface area contributed by atoms with E-state index in [-0.39, 0.29) is 24.7 Å². The Morgan fingerprint density at radius 1 is 1.63 bits per heavy atom. The molecule has 1 aliphatic rings. The van der Waals surface area contributed by atoms with Crippen molar-refractivity contribution in [1.82, 2.24) is 4.90 Å². The summed E-state index contributed by atoms with van der Waals surface area (Å²) in [4.78, 5) is 15.0. The molecule has 0 bridgehead atoms. The van der Waals surface area contributed by atoms with Gasteiger partial charge in [0.15, 0.2) is 0 Å². The Labute approximate surface area is 117 Å². The van der Waals surface area contributed by atoms with Crippen LogP contribution >= 0.6 is 11.3 Å². The lowest BCUT2D eigenvalue weighted by Crippen LogP contribution is -2.50. The SMILES string of the molecule is CC1CN(C(=O)c2sccc2C#CCO)C(C)CO1. The Hall–Kier alpha value is -1.35. The molecule has 19 heavy (non-hydrogen) atoms. The summed E-state index contributed by atoms with van der Waals surface area (Å²) < 4.78 is 5.53. The maximum atomic E-state index is 12.6. The second kappa shape index (κ2) is 6.20. The van der Waals surface area contributed by atoms with Gasteiger partial charge in [-0.05, 0) is 25.3 Å². The minimum absolute atomic E-state index is 0.000102. The van der Waals surface area contributed by atoms with Crippen LogP contribution in [0.1, 0.15) is 29.1 Å². The molecular formula is C14H17NO3S. The highest BCUT2D eigenvalue weighted by atomic mass is 32.1. The zero-order chi connectivity index (χ0) is 13.8. The van der Waals surface area contributed by atoms with E-state index in [1.807, 2.05) is 30.2 Å². The summed E-state index contributed by atoms with van der Waals surface area (Å²) in [6, 6.07) is 1.89. The fraction of sp³-hybridized carbons (Fsp3) is 0.500. The first-order valence-electron chi connectivity index (χ1n) is 6.23. The first kappa shape index (κ1) is 14.1. The van der Waals surface area contributed by atoms with E-state index in [9.17, 15) is 4.79 Å². The monoisotopic (exact) mass is 279 g/mol. The molecule has 1 aromatic rings. The molecule has 5 heteroatoms. The summed E-state index contributed by atoms with van der Waals surface area (Å²) in [6.07, 6.45) is 0.0621. The van der Waals surface area contributed by atoms with Crippen LogP contribution in [0.5, 0.6) is 0 Å². The molecule has 1 N–H and O–H groups in total. The van der Waals surface area contributed by atoms with Gasteiger partial charge in [-0.15, -0.1) is 11.3 Å². The van der Waals surface area contributed by atoms with Gasteiger partial charge in [-0.2, -0.15) is 0 Å². The summed E-state index contributed by atoms with van der Waals surface area (Å²) >= 11 is 1.39. The lowest BCUT2D eigenvalue weighted by atomic mass is 10.1. The van der Waals surface area contributed by atoms with Gasteiger partial charge in [-0.1, -0.05) is 11.8 Å². The average molecular weight is 279 g/mol. The van der Waals surface area contributed by atoms with E-state index in [4.69, 9.17) is 9.84 Å². The molecule has 0 aromatic carbocycles. The van der Waals surface area contributed by atoms with Crippen molar-refractivity contribution < 1.29 is 14.6 Å². The highest BCUT2D eigenvalue weighted by Crippen LogP contribution is 2.21. The molecule has 2 rings (SSSR count). The molecule has 2 atom stereocenters. The molecule has 0 saturated carbocycles. The number of hydrogen-bond donors (Lipinski definition) is 1. The molecule has 1 amide bonds. The van der Waals surface area contributed by atoms with Gasteiger partial charge in [-0.25, -0.2) is 0 Å². The molecule has 0 aliphatic carbocycles. The van der Waals surface area contributed by atoms with Crippen molar-refractivity contribution in [2.45, 2.75) is 26.0 Å². The summed E-state index contributed by atoms with van der Waals surface area (Å²) in [5, 5.41) is 10.6. The van der Waals surface area contributed by atoms with Crippen LogP contribution < -0.4 is 0 Å². The Morgan fingerprint density at radius 3 is 3.16 bits per heavy atom. The Morgan fingerprint density at radius 2 is 2.42 bits per heavy atom. The average Bonchev–Trinajstić information content (AvgIpc) is 2.86. The van der Waals surface area contributed by atoms with Crippen LogP contribution in [0.15, 0.2) is 11.4 Å². The molecular weight excluding hydrogens is 262 g/mol. The summed E-state index contributed by atoms with van der Waals surface area (Å²) in [5.41, 5.74) is 0.690. The van der Waals surface area contributed by atoms with Gasteiger partial charge in [0.25, 0.3) is 5.91 Å². The first-order chi connectivity index (χ1) is 9.13. The van der Waals surface area contributed by atoms with Crippen LogP contribution in [0.25, 0.3) is 0 Å². The lowest BCUT2D eigenvalue weighted by Gasteiger charge is -2.36. The van der Waals surface area contributed by atoms with Gasteiger partial charge in [0.05, 0.1) is 18.8 Å². The number of carbonyl (C=O) groups excluding carboxylic acids is 1. The molecule has 4 nitrogen and oxygen atoms in total. The Kier molecular flexibility index (Phi) is 4.59. The zero-order valence-corrected chi connectivity index (χ0v) is 11.9. The van der Waals surface area contributed by atoms with Crippen LogP contribution in [-0.4, -0.2) is 47.8 Å². The molecule has 0 radical (unpaired) electrons. The van der Waals surface area contributed by atoms with Gasteiger partial charge in [0.1, 0.15) is 11.5 Å². The smallest absolute Gasteiger partial charge is 0.265 e. The highest BCUT2D eigenvalue weighted by Gasteiger charge is 2.29. The van der Waals surface area contributed by atoms with Crippen molar-refractivity contribution in [1.29, 1.82) is 0 Å². The zero-order valence-electron chi connectivity index (χ0n) is 11.0. The van der Waals surface area contributed by atoms with Crippen LogP contribution in [0, 0.1) is 11.8 Å². The fourth-order valence-electron chi connectivity index (χ4n) is 2.02. The van der Waals surface area contributed by atoms with Crippen molar-refractivity contribution in [2.75, 3.05) is 19.8 Å². The number of hydrogen-bond acceptors (Lipinski definition) is 4. The van der Waals surface area contributed by atoms with Crippen molar-refractivity contribution >= 4 is 17.2 Å². The molecule has 0 spiro atoms. The molecule has 1 saturated heterocycles. The summed E-state index contributed by atoms with van der Waals surface area (Å²) in [7, 11) is 0. The largest absolute Gasteiger partial charge is 0.384 e. The van der Waals surface area contributed by atoms with Gasteiger partial charge < -0.3 is 14.7 Å². The third-order valence-corrected chi connectivity index (χ3v) is 3.93. The third-order valence-electron chi connectivity index (χ3n) is 3.03. The van der Waals surface area contributed by atoms with Gasteiger partial charge in [-0.3, -0.25) is 4.79 Å². The van der Waals surface area contributed by atoms with Crippen LogP contribution in [0.3, 0.4) is 0 Å². The van der Waals surface area contributed by atoms with E-state index in [1.165, 1.54) is 11.3 Å². The van der Waals surface area contributed by atoms with Gasteiger partial charge >= 0.3 is 0 Å². The number of morpholine rings is 1. The normalized spacial score (nSPS) is 22.8. The van der Waals surface area contributed by atoms with Crippen LogP contribution in [0.4, 0.5) is 0 Å². The second-order valence-corrected chi connectivity index (χ2v) is 5.49. The molecule has 1 fully saturated rings. The first-order valence-corrected chi connectivity index (χ1v) is 7.11. The van der Waals surface area contributed by atoms with E-state index in [0.717, 1.165) is 0 Å². The van der Waals surface area contributed by atoms with E-state index in [2.05, 4.69) is 11.8 Å². The van der Waals surface area contributed by atoms with E-state index >= 15 is 0 Å². The predicted octanol–water partition coefficient (Wildman–Crippen LogP) is 1.34. The fourth-order valence-corrected chi connectivity index (χ4v) is 2.83. The molecule has 1 aliphatic heterocycles. The topological polar surface area (TPSA) is 49.8 Å². The lowest BCUT2D eigenvalue weighted by molar-refractivity contribution is -0.0385. The Balaban J connectivity index is 2.21. The van der Waals surface area contributed by atoms with E-state index < -0.39 is 0 Å². The number of ether oxygens (including phenoxy) is 1. The minimum atomic E-state index is -0.200. The standard InChI is InChI=1S/C14H17NO3S/c1-10-9-18-11(2)8-15(10)14(17)13-12(4-3-6-16)5-7-19-13/h5,7,10-11,16H,6,8-9H2,1-2H3. The number of carbonyl (C=O) groups is 1. The third kappa shape index (κ3) is 3.16. The summed E-state index contributed by atoms with van der Waals surface area (Å²) in [5.74, 6) is 5.41. The number of nitrogens with zero attached hydrogens (tertiary/aromatic N) is 1. The van der Waals surface area contributed by atoms with Crippen molar-refractivity contribution in [3.8, 4) is 11.8 Å². The van der Waals surface area contributed by atoms with E-state index in [1.54, 1.807) is 0 Å². The van der Waals surface area contributed by atoms with Crippen LogP contribution in [-0.2, 0) is 4.74 Å². The molecule has 1 aromatic heterocycles. The van der Waals surface area contributed by atoms with E-state index in [0.29, 0.717) is 23.6 Å². The van der Waals surface area contributed by atoms with Crippen LogP contribution in [0.2, 0.25) is 0 Å².